The Hall–Kier alpha value is -6.41. The van der Waals surface area contributed by atoms with Gasteiger partial charge in [0, 0.05) is 42.2 Å². The summed E-state index contributed by atoms with van der Waals surface area (Å²) in [5.41, 5.74) is 6.32. The van der Waals surface area contributed by atoms with Gasteiger partial charge in [-0.05, 0) is 154 Å². The van der Waals surface area contributed by atoms with Crippen LogP contribution in [0.5, 0.6) is 17.2 Å². The fourth-order valence-corrected chi connectivity index (χ4v) is 10.1. The Morgan fingerprint density at radius 1 is 0.786 bits per heavy atom. The molecule has 70 heavy (non-hydrogen) atoms. The maximum atomic E-state index is 13.1. The Morgan fingerprint density at radius 3 is 2.04 bits per heavy atom. The molecule has 12 nitrogen and oxygen atoms in total. The molecule has 7 rings (SSSR count). The second kappa shape index (κ2) is 22.1. The van der Waals surface area contributed by atoms with Crippen molar-refractivity contribution in [2.75, 3.05) is 11.4 Å². The number of aromatic amines is 1. The normalized spacial score (nSPS) is 15.8. The van der Waals surface area contributed by atoms with Crippen LogP contribution in [0.4, 0.5) is 15.3 Å². The number of fused-ring (bicyclic) bond motifs is 1. The smallest absolute Gasteiger partial charge is 0.412 e. The summed E-state index contributed by atoms with van der Waals surface area (Å²) in [6.45, 7) is 17.7. The summed E-state index contributed by atoms with van der Waals surface area (Å²) in [6.07, 6.45) is 3.33. The summed E-state index contributed by atoms with van der Waals surface area (Å²) in [7, 11) is -2.21. The quantitative estimate of drug-likeness (QED) is 0.0560. The number of amides is 2. The van der Waals surface area contributed by atoms with E-state index >= 15 is 0 Å². The van der Waals surface area contributed by atoms with E-state index in [-0.39, 0.29) is 34.5 Å². The number of nitrogens with one attached hydrogen (secondary N) is 3. The van der Waals surface area contributed by atoms with E-state index in [1.165, 1.54) is 11.6 Å². The number of H-pyrrole nitrogens is 1. The number of aryl methyl sites for hydroxylation is 2. The molecular weight excluding hydrogens is 897 g/mol. The minimum absolute atomic E-state index is 0.0203. The molecule has 1 aliphatic carbocycles. The zero-order valence-corrected chi connectivity index (χ0v) is 42.9. The molecule has 370 valence electrons. The Bertz CT molecular complexity index is 2770. The lowest BCUT2D eigenvalue weighted by Crippen LogP contribution is -2.47. The van der Waals surface area contributed by atoms with Crippen molar-refractivity contribution in [2.24, 2.45) is 0 Å². The second-order valence-corrected chi connectivity index (χ2v) is 25.8. The summed E-state index contributed by atoms with van der Waals surface area (Å²) in [5, 5.41) is 28.6. The van der Waals surface area contributed by atoms with Gasteiger partial charge in [0.2, 0.25) is 5.56 Å². The van der Waals surface area contributed by atoms with Gasteiger partial charge >= 0.3 is 12.2 Å². The third-order valence-corrected chi connectivity index (χ3v) is 18.1. The van der Waals surface area contributed by atoms with Crippen molar-refractivity contribution >= 4 is 37.1 Å². The molecule has 0 aliphatic heterocycles. The first-order valence-corrected chi connectivity index (χ1v) is 27.4. The highest BCUT2D eigenvalue weighted by Crippen LogP contribution is 2.42. The number of carboxylic acid groups (broad SMARTS) is 1. The molecule has 1 aliphatic rings. The zero-order valence-electron chi connectivity index (χ0n) is 41.9. The van der Waals surface area contributed by atoms with Gasteiger partial charge in [0.05, 0.1) is 17.3 Å². The van der Waals surface area contributed by atoms with Gasteiger partial charge in [-0.15, -0.1) is 0 Å². The van der Waals surface area contributed by atoms with Gasteiger partial charge in [0.25, 0.3) is 0 Å². The third kappa shape index (κ3) is 13.5. The van der Waals surface area contributed by atoms with Crippen LogP contribution in [0, 0.1) is 0 Å². The molecule has 2 amide bonds. The number of hydrogen-bond donors (Lipinski definition) is 5. The van der Waals surface area contributed by atoms with E-state index in [0.29, 0.717) is 50.0 Å². The van der Waals surface area contributed by atoms with E-state index in [0.717, 1.165) is 64.0 Å². The highest BCUT2D eigenvalue weighted by atomic mass is 28.4. The molecule has 1 aromatic heterocycles. The van der Waals surface area contributed by atoms with E-state index in [1.807, 2.05) is 99.6 Å². The monoisotopic (exact) mass is 966 g/mol. The van der Waals surface area contributed by atoms with E-state index in [2.05, 4.69) is 73.7 Å². The molecule has 5 N–H and O–H groups in total. The topological polar surface area (TPSA) is 162 Å². The summed E-state index contributed by atoms with van der Waals surface area (Å²) >= 11 is 0. The average Bonchev–Trinajstić information content (AvgIpc) is 3.30. The van der Waals surface area contributed by atoms with Crippen LogP contribution in [0.1, 0.15) is 102 Å². The van der Waals surface area contributed by atoms with Crippen molar-refractivity contribution in [3.05, 3.63) is 154 Å². The molecule has 0 radical (unpaired) electrons. The largest absolute Gasteiger partial charge is 0.506 e. The van der Waals surface area contributed by atoms with Gasteiger partial charge in [-0.2, -0.15) is 0 Å². The summed E-state index contributed by atoms with van der Waals surface area (Å²) in [4.78, 5) is 42.0. The standard InChI is InChI=1S/C57H70N4O8Si/c1-56(2,3)68-54(64)59-42-22-24-43(25-23-42)61(55(65)66)49-35-39(21-30-46(49)41-15-10-9-11-16-41)14-12-13-38-17-26-44(27-18-38)67-45-28-19-40(20-29-45)36-58-37-51(69-70(7,8)57(4,5)6)47-31-33-50(62)53-48(47)32-34-52(63)60-53/h9-11,15-21,26-35,42-43,51,58,62H,12-14,22-25,36-37H2,1-8H3,(H,59,64)(H,60,63)(H,65,66)/t42?,43?,51-/m1/s1. The summed E-state index contributed by atoms with van der Waals surface area (Å²) in [5.74, 6) is 1.50. The van der Waals surface area contributed by atoms with Crippen molar-refractivity contribution in [2.45, 2.75) is 135 Å². The average molecular weight is 967 g/mol. The lowest BCUT2D eigenvalue weighted by molar-refractivity contribution is 0.0490. The maximum Gasteiger partial charge on any atom is 0.412 e. The van der Waals surface area contributed by atoms with Gasteiger partial charge in [-0.25, -0.2) is 9.59 Å². The van der Waals surface area contributed by atoms with Crippen LogP contribution in [0.15, 0.2) is 126 Å². The van der Waals surface area contributed by atoms with Crippen molar-refractivity contribution in [1.29, 1.82) is 0 Å². The van der Waals surface area contributed by atoms with Crippen LogP contribution in [0.25, 0.3) is 22.0 Å². The SMILES string of the molecule is CC(C)(C)OC(=O)NC1CCC(N(C(=O)O)c2cc(CCCc3ccc(Oc4ccc(CNC[C@@H](O[Si](C)(C)C(C)(C)C)c5ccc(O)c6[nH]c(=O)ccc56)cc4)cc3)ccc2-c2ccccc2)CC1. The number of benzene rings is 5. The fourth-order valence-electron chi connectivity index (χ4n) is 8.87. The van der Waals surface area contributed by atoms with Crippen molar-refractivity contribution < 1.29 is 33.7 Å². The lowest BCUT2D eigenvalue weighted by Gasteiger charge is -2.39. The van der Waals surface area contributed by atoms with Crippen LogP contribution in [0.2, 0.25) is 18.1 Å². The number of phenols is 1. The molecule has 5 aromatic carbocycles. The number of phenolic OH excluding ortho intramolecular Hbond substituents is 1. The van der Waals surface area contributed by atoms with Crippen LogP contribution in [-0.2, 0) is 28.5 Å². The molecule has 0 spiro atoms. The molecule has 6 aromatic rings. The number of carbonyl (C=O) groups is 2. The first-order chi connectivity index (χ1) is 33.2. The minimum atomic E-state index is -2.21. The predicted octanol–water partition coefficient (Wildman–Crippen LogP) is 13.0. The number of aromatic nitrogens is 1. The number of carbonyl (C=O) groups excluding carboxylic acids is 1. The number of anilines is 1. The van der Waals surface area contributed by atoms with Gasteiger partial charge < -0.3 is 39.7 Å². The molecule has 0 unspecified atom stereocenters. The number of alkyl carbamates (subject to hydrolysis) is 1. The van der Waals surface area contributed by atoms with Crippen molar-refractivity contribution in [3.8, 4) is 28.4 Å². The number of nitrogens with zero attached hydrogens (tertiary/aromatic N) is 1. The van der Waals surface area contributed by atoms with Crippen LogP contribution in [-0.4, -0.2) is 59.9 Å². The van der Waals surface area contributed by atoms with Gasteiger partial charge in [-0.1, -0.05) is 93.6 Å². The number of ether oxygens (including phenoxy) is 2. The summed E-state index contributed by atoms with van der Waals surface area (Å²) in [6, 6.07) is 38.8. The Morgan fingerprint density at radius 2 is 1.41 bits per heavy atom. The summed E-state index contributed by atoms with van der Waals surface area (Å²) < 4.78 is 18.7. The minimum Gasteiger partial charge on any atom is -0.506 e. The maximum absolute atomic E-state index is 13.1. The van der Waals surface area contributed by atoms with Crippen LogP contribution >= 0.6 is 0 Å². The van der Waals surface area contributed by atoms with Crippen molar-refractivity contribution in [1.82, 2.24) is 15.6 Å². The molecule has 13 heteroatoms. The van der Waals surface area contributed by atoms with E-state index in [4.69, 9.17) is 13.9 Å². The zero-order chi connectivity index (χ0) is 50.2. The van der Waals surface area contributed by atoms with Crippen LogP contribution in [0.3, 0.4) is 0 Å². The van der Waals surface area contributed by atoms with Crippen molar-refractivity contribution in [3.63, 3.8) is 0 Å². The third-order valence-electron chi connectivity index (χ3n) is 13.6. The molecule has 0 saturated heterocycles. The van der Waals surface area contributed by atoms with E-state index in [9.17, 15) is 24.6 Å². The molecule has 1 atom stereocenters. The van der Waals surface area contributed by atoms with E-state index < -0.39 is 26.1 Å². The highest BCUT2D eigenvalue weighted by molar-refractivity contribution is 6.74. The fraction of sp³-hybridized carbons (Fsp3) is 0.386. The molecular formula is C57H70N4O8Si. The molecule has 1 saturated carbocycles. The Labute approximate surface area is 413 Å². The Balaban J connectivity index is 0.942. The number of pyridine rings is 1. The number of aromatic hydroxyl groups is 1. The second-order valence-electron chi connectivity index (χ2n) is 21.0. The number of hydrogen-bond acceptors (Lipinski definition) is 8. The number of rotatable bonds is 17. The van der Waals surface area contributed by atoms with Gasteiger partial charge in [0.15, 0.2) is 8.32 Å². The molecule has 1 heterocycles. The Kier molecular flexibility index (Phi) is 16.3. The lowest BCUT2D eigenvalue weighted by atomic mass is 9.89. The van der Waals surface area contributed by atoms with E-state index in [1.54, 1.807) is 17.0 Å². The first-order valence-electron chi connectivity index (χ1n) is 24.5. The van der Waals surface area contributed by atoms with Crippen LogP contribution < -0.4 is 25.8 Å². The first kappa shape index (κ1) is 51.4. The van der Waals surface area contributed by atoms with Gasteiger partial charge in [-0.3, -0.25) is 9.69 Å². The molecule has 1 fully saturated rings. The van der Waals surface area contributed by atoms with Gasteiger partial charge in [0.1, 0.15) is 22.8 Å². The predicted molar refractivity (Wildman–Crippen MR) is 282 cm³/mol. The highest BCUT2D eigenvalue weighted by Gasteiger charge is 2.40. The molecule has 0 bridgehead atoms.